The molecule has 0 spiro atoms. The maximum Gasteiger partial charge on any atom is 0.319 e. The predicted molar refractivity (Wildman–Crippen MR) is 86.6 cm³/mol. The fourth-order valence-corrected chi connectivity index (χ4v) is 3.38. The summed E-state index contributed by atoms with van der Waals surface area (Å²) in [6.07, 6.45) is 6.26. The van der Waals surface area contributed by atoms with E-state index in [1.807, 2.05) is 19.0 Å². The zero-order chi connectivity index (χ0) is 15.2. The standard InChI is InChI=1S/C16H32N4O/c1-14(19-9-5-4-6-10-19)13-17-15-7-11-20(12-8-15)16(21)18(2)3/h14-15,17H,4-13H2,1-3H3. The quantitative estimate of drug-likeness (QED) is 0.856. The van der Waals surface area contributed by atoms with Gasteiger partial charge in [0.1, 0.15) is 0 Å². The van der Waals surface area contributed by atoms with Crippen molar-refractivity contribution >= 4 is 6.03 Å². The molecule has 0 aromatic carbocycles. The van der Waals surface area contributed by atoms with E-state index in [9.17, 15) is 4.79 Å². The molecule has 1 N–H and O–H groups in total. The zero-order valence-corrected chi connectivity index (χ0v) is 14.0. The fraction of sp³-hybridized carbons (Fsp3) is 0.938. The van der Waals surface area contributed by atoms with Gasteiger partial charge in [-0.2, -0.15) is 0 Å². The molecule has 2 amide bonds. The van der Waals surface area contributed by atoms with Crippen molar-refractivity contribution < 1.29 is 4.79 Å². The number of nitrogens with one attached hydrogen (secondary N) is 1. The minimum Gasteiger partial charge on any atom is -0.331 e. The first kappa shape index (κ1) is 16.6. The Balaban J connectivity index is 1.65. The molecule has 0 bridgehead atoms. The van der Waals surface area contributed by atoms with Crippen LogP contribution in [0.1, 0.15) is 39.0 Å². The molecule has 0 aromatic rings. The SMILES string of the molecule is CC(CNC1CCN(C(=O)N(C)C)CC1)N1CCCCC1. The van der Waals surface area contributed by atoms with Crippen LogP contribution in [0.2, 0.25) is 0 Å². The summed E-state index contributed by atoms with van der Waals surface area (Å²) in [4.78, 5) is 18.2. The van der Waals surface area contributed by atoms with Gasteiger partial charge in [-0.3, -0.25) is 4.90 Å². The van der Waals surface area contributed by atoms with E-state index in [1.54, 1.807) is 4.90 Å². The van der Waals surface area contributed by atoms with Gasteiger partial charge in [0, 0.05) is 45.8 Å². The van der Waals surface area contributed by atoms with E-state index < -0.39 is 0 Å². The topological polar surface area (TPSA) is 38.8 Å². The van der Waals surface area contributed by atoms with Crippen molar-refractivity contribution in [2.24, 2.45) is 0 Å². The Bertz CT molecular complexity index is 320. The monoisotopic (exact) mass is 296 g/mol. The van der Waals surface area contributed by atoms with Crippen molar-refractivity contribution in [2.75, 3.05) is 46.8 Å². The second kappa shape index (κ2) is 7.99. The molecule has 0 aromatic heterocycles. The first-order valence-electron chi connectivity index (χ1n) is 8.51. The molecule has 0 aliphatic carbocycles. The first-order valence-corrected chi connectivity index (χ1v) is 8.51. The summed E-state index contributed by atoms with van der Waals surface area (Å²) in [6.45, 7) is 7.70. The summed E-state index contributed by atoms with van der Waals surface area (Å²) in [5, 5.41) is 3.71. The molecule has 0 saturated carbocycles. The third-order valence-electron chi connectivity index (χ3n) is 4.86. The molecule has 5 nitrogen and oxygen atoms in total. The lowest BCUT2D eigenvalue weighted by Crippen LogP contribution is -2.50. The summed E-state index contributed by atoms with van der Waals surface area (Å²) in [5.74, 6) is 0. The van der Waals surface area contributed by atoms with Crippen molar-refractivity contribution in [1.82, 2.24) is 20.0 Å². The molecule has 2 saturated heterocycles. The highest BCUT2D eigenvalue weighted by Crippen LogP contribution is 2.14. The van der Waals surface area contributed by atoms with Crippen LogP contribution >= 0.6 is 0 Å². The van der Waals surface area contributed by atoms with Gasteiger partial charge in [0.05, 0.1) is 0 Å². The molecule has 2 fully saturated rings. The molecule has 2 aliphatic rings. The van der Waals surface area contributed by atoms with Crippen LogP contribution in [0.3, 0.4) is 0 Å². The number of carbonyl (C=O) groups is 1. The smallest absolute Gasteiger partial charge is 0.319 e. The van der Waals surface area contributed by atoms with Gasteiger partial charge in [-0.1, -0.05) is 6.42 Å². The minimum atomic E-state index is 0.148. The largest absolute Gasteiger partial charge is 0.331 e. The van der Waals surface area contributed by atoms with E-state index in [0.29, 0.717) is 12.1 Å². The summed E-state index contributed by atoms with van der Waals surface area (Å²) in [5.41, 5.74) is 0. The number of carbonyl (C=O) groups excluding carboxylic acids is 1. The molecule has 2 heterocycles. The van der Waals surface area contributed by atoms with Crippen LogP contribution < -0.4 is 5.32 Å². The Labute approximate surface area is 129 Å². The Hall–Kier alpha value is -0.810. The van der Waals surface area contributed by atoms with Crippen LogP contribution in [0.15, 0.2) is 0 Å². The molecule has 0 radical (unpaired) electrons. The van der Waals surface area contributed by atoms with Crippen molar-refractivity contribution in [3.05, 3.63) is 0 Å². The van der Waals surface area contributed by atoms with Crippen LogP contribution in [-0.4, -0.2) is 79.6 Å². The Morgan fingerprint density at radius 2 is 1.76 bits per heavy atom. The lowest BCUT2D eigenvalue weighted by molar-refractivity contribution is 0.144. The number of rotatable bonds is 4. The first-order chi connectivity index (χ1) is 10.1. The third-order valence-corrected chi connectivity index (χ3v) is 4.86. The van der Waals surface area contributed by atoms with Gasteiger partial charge in [-0.05, 0) is 45.7 Å². The van der Waals surface area contributed by atoms with Crippen LogP contribution in [-0.2, 0) is 0 Å². The average Bonchev–Trinajstić information content (AvgIpc) is 2.53. The molecule has 2 aliphatic heterocycles. The molecule has 2 rings (SSSR count). The van der Waals surface area contributed by atoms with Crippen LogP contribution in [0.5, 0.6) is 0 Å². The Kier molecular flexibility index (Phi) is 6.30. The summed E-state index contributed by atoms with van der Waals surface area (Å²) >= 11 is 0. The van der Waals surface area contributed by atoms with E-state index in [0.717, 1.165) is 32.5 Å². The van der Waals surface area contributed by atoms with E-state index in [1.165, 1.54) is 32.4 Å². The van der Waals surface area contributed by atoms with E-state index in [-0.39, 0.29) is 6.03 Å². The fourth-order valence-electron chi connectivity index (χ4n) is 3.38. The molecule has 1 atom stereocenters. The number of hydrogen-bond donors (Lipinski definition) is 1. The second-order valence-corrected chi connectivity index (χ2v) is 6.79. The highest BCUT2D eigenvalue weighted by molar-refractivity contribution is 5.73. The maximum atomic E-state index is 11.9. The highest BCUT2D eigenvalue weighted by Gasteiger charge is 2.24. The highest BCUT2D eigenvalue weighted by atomic mass is 16.2. The van der Waals surface area contributed by atoms with Crippen molar-refractivity contribution in [1.29, 1.82) is 0 Å². The average molecular weight is 296 g/mol. The number of piperidine rings is 2. The van der Waals surface area contributed by atoms with Gasteiger partial charge in [0.25, 0.3) is 0 Å². The van der Waals surface area contributed by atoms with E-state index in [4.69, 9.17) is 0 Å². The number of hydrogen-bond acceptors (Lipinski definition) is 3. The molecule has 21 heavy (non-hydrogen) atoms. The molecule has 122 valence electrons. The van der Waals surface area contributed by atoms with Gasteiger partial charge < -0.3 is 15.1 Å². The van der Waals surface area contributed by atoms with Crippen LogP contribution in [0.4, 0.5) is 4.79 Å². The molecule has 1 unspecified atom stereocenters. The number of nitrogens with zero attached hydrogens (tertiary/aromatic N) is 3. The van der Waals surface area contributed by atoms with Crippen LogP contribution in [0.25, 0.3) is 0 Å². The van der Waals surface area contributed by atoms with Gasteiger partial charge in [0.15, 0.2) is 0 Å². The van der Waals surface area contributed by atoms with E-state index in [2.05, 4.69) is 17.1 Å². The summed E-state index contributed by atoms with van der Waals surface area (Å²) in [7, 11) is 3.65. The van der Waals surface area contributed by atoms with Gasteiger partial charge in [-0.25, -0.2) is 4.79 Å². The van der Waals surface area contributed by atoms with Gasteiger partial charge in [-0.15, -0.1) is 0 Å². The van der Waals surface area contributed by atoms with Gasteiger partial charge in [0.2, 0.25) is 0 Å². The Morgan fingerprint density at radius 1 is 1.14 bits per heavy atom. The second-order valence-electron chi connectivity index (χ2n) is 6.79. The number of urea groups is 1. The minimum absolute atomic E-state index is 0.148. The summed E-state index contributed by atoms with van der Waals surface area (Å²) in [6, 6.07) is 1.35. The molecule has 5 heteroatoms. The lowest BCUT2D eigenvalue weighted by atomic mass is 10.0. The van der Waals surface area contributed by atoms with Crippen molar-refractivity contribution in [2.45, 2.75) is 51.1 Å². The Morgan fingerprint density at radius 3 is 2.33 bits per heavy atom. The number of likely N-dealkylation sites (tertiary alicyclic amines) is 2. The maximum absolute atomic E-state index is 11.9. The predicted octanol–water partition coefficient (Wildman–Crippen LogP) is 1.60. The zero-order valence-electron chi connectivity index (χ0n) is 14.0. The third kappa shape index (κ3) is 4.85. The van der Waals surface area contributed by atoms with Crippen molar-refractivity contribution in [3.8, 4) is 0 Å². The van der Waals surface area contributed by atoms with Crippen molar-refractivity contribution in [3.63, 3.8) is 0 Å². The molecular formula is C16H32N4O. The van der Waals surface area contributed by atoms with Crippen LogP contribution in [0, 0.1) is 0 Å². The lowest BCUT2D eigenvalue weighted by Gasteiger charge is -2.36. The van der Waals surface area contributed by atoms with E-state index >= 15 is 0 Å². The summed E-state index contributed by atoms with van der Waals surface area (Å²) < 4.78 is 0. The molecular weight excluding hydrogens is 264 g/mol. The number of amides is 2. The van der Waals surface area contributed by atoms with Gasteiger partial charge >= 0.3 is 6.03 Å². The normalized spacial score (nSPS) is 23.1.